The van der Waals surface area contributed by atoms with Gasteiger partial charge in [-0.15, -0.1) is 0 Å². The number of fused-ring (bicyclic) bond motifs is 2. The second-order valence-corrected chi connectivity index (χ2v) is 9.26. The van der Waals surface area contributed by atoms with E-state index < -0.39 is 33.4 Å². The number of aliphatic carboxylic acids is 1. The van der Waals surface area contributed by atoms with Crippen molar-refractivity contribution in [3.05, 3.63) is 29.8 Å². The minimum absolute atomic E-state index is 0.143. The summed E-state index contributed by atoms with van der Waals surface area (Å²) in [6, 6.07) is 5.66. The zero-order chi connectivity index (χ0) is 18.7. The van der Waals surface area contributed by atoms with Crippen LogP contribution in [0.4, 0.5) is 0 Å². The van der Waals surface area contributed by atoms with Crippen LogP contribution in [0.1, 0.15) is 37.7 Å². The van der Waals surface area contributed by atoms with E-state index in [1.807, 2.05) is 0 Å². The highest BCUT2D eigenvalue weighted by Crippen LogP contribution is 2.50. The second kappa shape index (κ2) is 5.79. The number of methoxy groups -OCH3 is 1. The Morgan fingerprint density at radius 2 is 1.85 bits per heavy atom. The molecule has 1 aromatic carbocycles. The fourth-order valence-corrected chi connectivity index (χ4v) is 6.49. The van der Waals surface area contributed by atoms with Crippen LogP contribution in [-0.4, -0.2) is 49.0 Å². The van der Waals surface area contributed by atoms with Crippen LogP contribution in [0.5, 0.6) is 0 Å². The number of hydrogen-bond acceptors (Lipinski definition) is 5. The van der Waals surface area contributed by atoms with Crippen LogP contribution in [0.25, 0.3) is 0 Å². The van der Waals surface area contributed by atoms with Gasteiger partial charge in [-0.05, 0) is 49.8 Å². The van der Waals surface area contributed by atoms with Gasteiger partial charge in [0.25, 0.3) is 0 Å². The highest BCUT2D eigenvalue weighted by molar-refractivity contribution is 7.89. The highest BCUT2D eigenvalue weighted by atomic mass is 32.2. The van der Waals surface area contributed by atoms with Crippen molar-refractivity contribution in [1.29, 1.82) is 0 Å². The molecule has 0 amide bonds. The van der Waals surface area contributed by atoms with E-state index in [1.54, 1.807) is 12.1 Å². The Labute approximate surface area is 152 Å². The molecule has 1 saturated carbocycles. The van der Waals surface area contributed by atoms with Gasteiger partial charge in [0, 0.05) is 12.1 Å². The first-order valence-electron chi connectivity index (χ1n) is 8.76. The summed E-state index contributed by atoms with van der Waals surface area (Å²) >= 11 is 0. The summed E-state index contributed by atoms with van der Waals surface area (Å²) in [5.41, 5.74) is 0.120. The van der Waals surface area contributed by atoms with Gasteiger partial charge in [-0.25, -0.2) is 8.42 Å². The van der Waals surface area contributed by atoms with E-state index in [0.29, 0.717) is 32.1 Å². The molecule has 1 N–H and O–H groups in total. The van der Waals surface area contributed by atoms with E-state index in [9.17, 15) is 23.1 Å². The molecule has 2 aliphatic heterocycles. The fraction of sp³-hybridized carbons (Fsp3) is 0.556. The molecule has 3 aliphatic rings. The summed E-state index contributed by atoms with van der Waals surface area (Å²) in [6.45, 7) is 0. The first kappa shape index (κ1) is 17.5. The largest absolute Gasteiger partial charge is 0.481 e. The summed E-state index contributed by atoms with van der Waals surface area (Å²) in [7, 11) is -2.40. The highest BCUT2D eigenvalue weighted by Gasteiger charge is 2.55. The molecule has 0 aromatic heterocycles. The van der Waals surface area contributed by atoms with Crippen LogP contribution in [0, 0.1) is 5.92 Å². The summed E-state index contributed by atoms with van der Waals surface area (Å²) in [5, 5.41) is 9.33. The molecule has 8 heteroatoms. The van der Waals surface area contributed by atoms with Gasteiger partial charge in [0.15, 0.2) is 0 Å². The van der Waals surface area contributed by atoms with Gasteiger partial charge in [0.2, 0.25) is 10.0 Å². The molecular weight excluding hydrogens is 358 g/mol. The zero-order valence-electron chi connectivity index (χ0n) is 14.4. The van der Waals surface area contributed by atoms with Crippen molar-refractivity contribution in [2.75, 3.05) is 7.11 Å². The molecule has 2 heterocycles. The number of carboxylic acid groups (broad SMARTS) is 1. The number of sulfonamides is 1. The van der Waals surface area contributed by atoms with Crippen molar-refractivity contribution < 1.29 is 27.9 Å². The van der Waals surface area contributed by atoms with E-state index in [0.717, 1.165) is 5.56 Å². The van der Waals surface area contributed by atoms with E-state index in [2.05, 4.69) is 0 Å². The lowest BCUT2D eigenvalue weighted by Crippen LogP contribution is -2.37. The molecule has 7 nitrogen and oxygen atoms in total. The standard InChI is InChI=1S/C18H21NO6S/c1-25-17(22)18(8-9-18)11-2-5-13(6-3-11)26(23,24)19-12-4-7-15(19)14(10-12)16(20)21/h2-3,5-6,12,14-15H,4,7-10H2,1H3,(H,20,21). The summed E-state index contributed by atoms with van der Waals surface area (Å²) in [5.74, 6) is -1.85. The minimum Gasteiger partial charge on any atom is -0.481 e. The summed E-state index contributed by atoms with van der Waals surface area (Å²) < 4.78 is 32.4. The van der Waals surface area contributed by atoms with Crippen molar-refractivity contribution >= 4 is 22.0 Å². The number of carbonyl (C=O) groups excluding carboxylic acids is 1. The normalized spacial score (nSPS) is 29.5. The molecule has 3 fully saturated rings. The molecule has 4 rings (SSSR count). The third-order valence-corrected chi connectivity index (χ3v) is 8.09. The summed E-state index contributed by atoms with van der Waals surface area (Å²) in [4.78, 5) is 23.5. The SMILES string of the molecule is COC(=O)C1(c2ccc(S(=O)(=O)N3C4CCC3C(C(=O)O)C4)cc2)CC1. The number of esters is 1. The van der Waals surface area contributed by atoms with Crippen molar-refractivity contribution in [2.24, 2.45) is 5.92 Å². The van der Waals surface area contributed by atoms with Crippen molar-refractivity contribution in [3.63, 3.8) is 0 Å². The summed E-state index contributed by atoms with van der Waals surface area (Å²) in [6.07, 6.45) is 3.06. The zero-order valence-corrected chi connectivity index (χ0v) is 15.2. The topological polar surface area (TPSA) is 101 Å². The van der Waals surface area contributed by atoms with Gasteiger partial charge in [-0.2, -0.15) is 4.31 Å². The number of hydrogen-bond donors (Lipinski definition) is 1. The predicted molar refractivity (Wildman–Crippen MR) is 90.9 cm³/mol. The minimum atomic E-state index is -3.75. The van der Waals surface area contributed by atoms with E-state index in [4.69, 9.17) is 4.74 Å². The third-order valence-electron chi connectivity index (χ3n) is 6.10. The Bertz CT molecular complexity index is 858. The Morgan fingerprint density at radius 3 is 2.35 bits per heavy atom. The molecule has 0 radical (unpaired) electrons. The van der Waals surface area contributed by atoms with Gasteiger partial charge in [-0.1, -0.05) is 12.1 Å². The van der Waals surface area contributed by atoms with Crippen LogP contribution < -0.4 is 0 Å². The van der Waals surface area contributed by atoms with Crippen LogP contribution in [-0.2, 0) is 29.8 Å². The number of rotatable bonds is 5. The van der Waals surface area contributed by atoms with Gasteiger partial charge in [0.1, 0.15) is 0 Å². The number of carboxylic acids is 1. The van der Waals surface area contributed by atoms with Gasteiger partial charge in [-0.3, -0.25) is 9.59 Å². The van der Waals surface area contributed by atoms with Crippen molar-refractivity contribution in [3.8, 4) is 0 Å². The van der Waals surface area contributed by atoms with Crippen molar-refractivity contribution in [1.82, 2.24) is 4.31 Å². The maximum atomic E-state index is 13.1. The van der Waals surface area contributed by atoms with E-state index in [-0.39, 0.29) is 16.9 Å². The number of benzene rings is 1. The van der Waals surface area contributed by atoms with Gasteiger partial charge < -0.3 is 9.84 Å². The van der Waals surface area contributed by atoms with Gasteiger partial charge >= 0.3 is 11.9 Å². The lowest BCUT2D eigenvalue weighted by Gasteiger charge is -2.23. The van der Waals surface area contributed by atoms with E-state index in [1.165, 1.54) is 23.5 Å². The average Bonchev–Trinajstić information content (AvgIpc) is 3.22. The maximum absolute atomic E-state index is 13.1. The second-order valence-electron chi connectivity index (χ2n) is 7.41. The van der Waals surface area contributed by atoms with E-state index >= 15 is 0 Å². The molecule has 2 saturated heterocycles. The van der Waals surface area contributed by atoms with Crippen LogP contribution >= 0.6 is 0 Å². The molecule has 26 heavy (non-hydrogen) atoms. The molecular formula is C18H21NO6S. The smallest absolute Gasteiger partial charge is 0.316 e. The number of carbonyl (C=O) groups is 2. The third kappa shape index (κ3) is 2.39. The Balaban J connectivity index is 1.62. The lowest BCUT2D eigenvalue weighted by molar-refractivity contribution is -0.144. The molecule has 1 aliphatic carbocycles. The Morgan fingerprint density at radius 1 is 1.19 bits per heavy atom. The molecule has 3 atom stereocenters. The first-order valence-corrected chi connectivity index (χ1v) is 10.2. The first-order chi connectivity index (χ1) is 12.3. The number of nitrogens with zero attached hydrogens (tertiary/aromatic N) is 1. The molecule has 3 unspecified atom stereocenters. The Kier molecular flexibility index (Phi) is 3.89. The molecule has 2 bridgehead atoms. The van der Waals surface area contributed by atoms with Crippen LogP contribution in [0.15, 0.2) is 29.2 Å². The molecule has 1 aromatic rings. The number of ether oxygens (including phenoxy) is 1. The predicted octanol–water partition coefficient (Wildman–Crippen LogP) is 1.52. The molecule has 0 spiro atoms. The average molecular weight is 379 g/mol. The monoisotopic (exact) mass is 379 g/mol. The van der Waals surface area contributed by atoms with Crippen LogP contribution in [0.3, 0.4) is 0 Å². The lowest BCUT2D eigenvalue weighted by atomic mass is 9.89. The quantitative estimate of drug-likeness (QED) is 0.779. The molecule has 140 valence electrons. The maximum Gasteiger partial charge on any atom is 0.316 e. The van der Waals surface area contributed by atoms with Crippen LogP contribution in [0.2, 0.25) is 0 Å². The van der Waals surface area contributed by atoms with Gasteiger partial charge in [0.05, 0.1) is 23.3 Å². The Hall–Kier alpha value is -1.93. The van der Waals surface area contributed by atoms with Crippen molar-refractivity contribution in [2.45, 2.75) is 54.5 Å². The fourth-order valence-electron chi connectivity index (χ4n) is 4.58.